The van der Waals surface area contributed by atoms with E-state index in [1.165, 1.54) is 54.1 Å². The molecule has 4 rings (SSSR count). The zero-order chi connectivity index (χ0) is 31.4. The number of hydrogen-bond acceptors (Lipinski definition) is 9. The van der Waals surface area contributed by atoms with Gasteiger partial charge in [0.25, 0.3) is 5.56 Å². The third-order valence-electron chi connectivity index (χ3n) is 6.79. The second kappa shape index (κ2) is 13.0. The molecule has 0 saturated carbocycles. The molecule has 0 aliphatic heterocycles. The fraction of sp³-hybridized carbons (Fsp3) is 0.333. The lowest BCUT2D eigenvalue weighted by Gasteiger charge is -2.22. The van der Waals surface area contributed by atoms with Crippen molar-refractivity contribution in [3.8, 4) is 23.6 Å². The van der Waals surface area contributed by atoms with Crippen LogP contribution in [0.25, 0.3) is 5.69 Å². The Morgan fingerprint density at radius 3 is 2.56 bits per heavy atom. The number of ether oxygens (including phenoxy) is 3. The molecule has 1 atom stereocenters. The third-order valence-corrected chi connectivity index (χ3v) is 7.00. The van der Waals surface area contributed by atoms with E-state index in [4.69, 9.17) is 25.8 Å². The van der Waals surface area contributed by atoms with Crippen molar-refractivity contribution in [2.24, 2.45) is 7.05 Å². The summed E-state index contributed by atoms with van der Waals surface area (Å²) in [5, 5.41) is 14.3. The molecule has 0 N–H and O–H groups in total. The highest BCUT2D eigenvalue weighted by atomic mass is 35.5. The minimum Gasteiger partial charge on any atom is -0.479 e. The van der Waals surface area contributed by atoms with Crippen LogP contribution in [0.2, 0.25) is 5.02 Å². The molecule has 0 saturated heterocycles. The molecule has 0 fully saturated rings. The van der Waals surface area contributed by atoms with E-state index in [9.17, 15) is 14.9 Å². The number of carbonyl (C=O) groups excluding carboxylic acids is 1. The first-order valence-corrected chi connectivity index (χ1v) is 13.7. The molecular weight excluding hydrogens is 579 g/mol. The van der Waals surface area contributed by atoms with Gasteiger partial charge in [0.15, 0.2) is 5.69 Å². The molecule has 1 aromatic carbocycles. The topological polar surface area (TPSA) is 134 Å². The van der Waals surface area contributed by atoms with Crippen molar-refractivity contribution < 1.29 is 23.4 Å². The van der Waals surface area contributed by atoms with Crippen LogP contribution in [0, 0.1) is 17.1 Å². The van der Waals surface area contributed by atoms with E-state index in [1.807, 2.05) is 19.9 Å². The van der Waals surface area contributed by atoms with Gasteiger partial charge < -0.3 is 18.8 Å². The third kappa shape index (κ3) is 6.22. The van der Waals surface area contributed by atoms with Crippen molar-refractivity contribution >= 4 is 17.6 Å². The molecule has 4 aromatic rings. The maximum absolute atomic E-state index is 15.8. The van der Waals surface area contributed by atoms with E-state index in [2.05, 4.69) is 15.1 Å². The van der Waals surface area contributed by atoms with Crippen molar-refractivity contribution in [1.82, 2.24) is 24.3 Å². The lowest BCUT2D eigenvalue weighted by molar-refractivity contribution is 0.0517. The molecule has 43 heavy (non-hydrogen) atoms. The summed E-state index contributed by atoms with van der Waals surface area (Å²) in [5.41, 5.74) is 1.24. The van der Waals surface area contributed by atoms with Crippen LogP contribution >= 0.6 is 11.6 Å². The Balaban J connectivity index is 2.11. The van der Waals surface area contributed by atoms with Crippen molar-refractivity contribution in [2.45, 2.75) is 39.0 Å². The fourth-order valence-electron chi connectivity index (χ4n) is 4.96. The van der Waals surface area contributed by atoms with E-state index in [0.29, 0.717) is 22.0 Å². The van der Waals surface area contributed by atoms with Gasteiger partial charge in [0.05, 0.1) is 49.4 Å². The molecular formula is C30H30ClFN6O5. The van der Waals surface area contributed by atoms with Gasteiger partial charge in [0.2, 0.25) is 5.88 Å². The quantitative estimate of drug-likeness (QED) is 0.234. The standard InChI is InChI=1S/C30H30ClFN6O5/c1-7-43-29(40)25-24(26(16(2)3)38(36-25)23-14-34-30(42-6)35-27(23)41-5)21(20-9-8-17(13-33)10-22(20)32)12-18-11-19(31)15-37(4)28(18)39/h8-11,14-16,21H,7,12H2,1-6H3. The van der Waals surface area contributed by atoms with Crippen molar-refractivity contribution in [1.29, 1.82) is 5.26 Å². The normalized spacial score (nSPS) is 11.7. The molecule has 0 bridgehead atoms. The van der Waals surface area contributed by atoms with E-state index >= 15 is 4.39 Å². The van der Waals surface area contributed by atoms with Gasteiger partial charge in [-0.3, -0.25) is 4.79 Å². The highest BCUT2D eigenvalue weighted by Gasteiger charge is 2.35. The number of benzene rings is 1. The number of hydrogen-bond donors (Lipinski definition) is 0. The summed E-state index contributed by atoms with van der Waals surface area (Å²) in [7, 11) is 4.39. The molecule has 1 unspecified atom stereocenters. The Morgan fingerprint density at radius 2 is 1.95 bits per heavy atom. The van der Waals surface area contributed by atoms with Gasteiger partial charge in [-0.05, 0) is 43.0 Å². The predicted octanol–water partition coefficient (Wildman–Crippen LogP) is 4.72. The number of halogens is 2. The summed E-state index contributed by atoms with van der Waals surface area (Å²) < 4.78 is 34.7. The van der Waals surface area contributed by atoms with Gasteiger partial charge in [-0.2, -0.15) is 15.3 Å². The highest BCUT2D eigenvalue weighted by molar-refractivity contribution is 6.30. The van der Waals surface area contributed by atoms with Crippen LogP contribution in [-0.2, 0) is 18.2 Å². The molecule has 3 heterocycles. The molecule has 0 radical (unpaired) electrons. The largest absolute Gasteiger partial charge is 0.479 e. The zero-order valence-electron chi connectivity index (χ0n) is 24.5. The van der Waals surface area contributed by atoms with Crippen LogP contribution in [0.1, 0.15) is 71.0 Å². The van der Waals surface area contributed by atoms with Crippen LogP contribution in [0.4, 0.5) is 4.39 Å². The molecule has 3 aromatic heterocycles. The summed E-state index contributed by atoms with van der Waals surface area (Å²) in [5.74, 6) is -2.56. The first-order chi connectivity index (χ1) is 20.5. The van der Waals surface area contributed by atoms with Gasteiger partial charge in [-0.25, -0.2) is 18.9 Å². The Hall–Kier alpha value is -4.76. The van der Waals surface area contributed by atoms with Gasteiger partial charge in [-0.1, -0.05) is 31.5 Å². The van der Waals surface area contributed by atoms with Crippen molar-refractivity contribution in [3.63, 3.8) is 0 Å². The maximum atomic E-state index is 15.8. The van der Waals surface area contributed by atoms with Gasteiger partial charge in [-0.15, -0.1) is 0 Å². The summed E-state index contributed by atoms with van der Waals surface area (Å²) in [6, 6.07) is 7.57. The molecule has 13 heteroatoms. The van der Waals surface area contributed by atoms with Crippen LogP contribution in [0.3, 0.4) is 0 Å². The van der Waals surface area contributed by atoms with Gasteiger partial charge in [0, 0.05) is 30.3 Å². The Bertz CT molecular complexity index is 1780. The number of aryl methyl sites for hydroxylation is 1. The Labute approximate surface area is 252 Å². The first kappa shape index (κ1) is 31.2. The average molecular weight is 609 g/mol. The maximum Gasteiger partial charge on any atom is 0.359 e. The molecule has 0 aliphatic carbocycles. The minimum atomic E-state index is -0.936. The van der Waals surface area contributed by atoms with Crippen LogP contribution in [0.15, 0.2) is 41.5 Å². The highest BCUT2D eigenvalue weighted by Crippen LogP contribution is 2.40. The lowest BCUT2D eigenvalue weighted by atomic mass is 9.82. The van der Waals surface area contributed by atoms with Gasteiger partial charge in [0.1, 0.15) is 11.5 Å². The average Bonchev–Trinajstić information content (AvgIpc) is 3.38. The number of nitrogens with zero attached hydrogens (tertiary/aromatic N) is 6. The smallest absolute Gasteiger partial charge is 0.359 e. The molecule has 0 amide bonds. The summed E-state index contributed by atoms with van der Waals surface area (Å²) in [6.07, 6.45) is 2.86. The summed E-state index contributed by atoms with van der Waals surface area (Å²) in [6.45, 7) is 5.48. The predicted molar refractivity (Wildman–Crippen MR) is 156 cm³/mol. The Kier molecular flexibility index (Phi) is 9.46. The molecule has 0 spiro atoms. The van der Waals surface area contributed by atoms with Crippen LogP contribution in [-0.4, -0.2) is 51.1 Å². The van der Waals surface area contributed by atoms with E-state index in [1.54, 1.807) is 14.0 Å². The van der Waals surface area contributed by atoms with E-state index in [-0.39, 0.29) is 58.8 Å². The second-order valence-corrected chi connectivity index (χ2v) is 10.3. The number of carbonyl (C=O) groups is 1. The number of esters is 1. The summed E-state index contributed by atoms with van der Waals surface area (Å²) in [4.78, 5) is 35.2. The number of rotatable bonds is 10. The summed E-state index contributed by atoms with van der Waals surface area (Å²) >= 11 is 6.32. The first-order valence-electron chi connectivity index (χ1n) is 13.3. The van der Waals surface area contributed by atoms with E-state index in [0.717, 1.165) is 6.07 Å². The second-order valence-electron chi connectivity index (χ2n) is 9.89. The molecule has 0 aliphatic rings. The minimum absolute atomic E-state index is 0.0515. The fourth-order valence-corrected chi connectivity index (χ4v) is 5.24. The lowest BCUT2D eigenvalue weighted by Crippen LogP contribution is -2.24. The molecule has 11 nitrogen and oxygen atoms in total. The van der Waals surface area contributed by atoms with Crippen molar-refractivity contribution in [3.05, 3.63) is 91.5 Å². The zero-order valence-corrected chi connectivity index (χ0v) is 25.3. The molecule has 224 valence electrons. The van der Waals surface area contributed by atoms with Crippen LogP contribution in [0.5, 0.6) is 11.9 Å². The van der Waals surface area contributed by atoms with Crippen LogP contribution < -0.4 is 15.0 Å². The number of pyridine rings is 1. The SMILES string of the molecule is CCOC(=O)c1nn(-c2cnc(OC)nc2OC)c(C(C)C)c1C(Cc1cc(Cl)cn(C)c1=O)c1ccc(C#N)cc1F. The van der Waals surface area contributed by atoms with Crippen molar-refractivity contribution in [2.75, 3.05) is 20.8 Å². The Morgan fingerprint density at radius 1 is 1.21 bits per heavy atom. The monoisotopic (exact) mass is 608 g/mol. The van der Waals surface area contributed by atoms with E-state index < -0.39 is 17.7 Å². The van der Waals surface area contributed by atoms with Gasteiger partial charge >= 0.3 is 12.0 Å². The number of methoxy groups -OCH3 is 2. The number of aromatic nitrogens is 5. The number of nitriles is 1.